The number of rotatable bonds is 3. The van der Waals surface area contributed by atoms with Gasteiger partial charge in [0.25, 0.3) is 5.69 Å². The number of hydrogen-bond acceptors (Lipinski definition) is 6. The molecule has 0 saturated heterocycles. The fourth-order valence-corrected chi connectivity index (χ4v) is 3.14. The highest BCUT2D eigenvalue weighted by molar-refractivity contribution is 6.09. The molecule has 3 aromatic carbocycles. The Balaban J connectivity index is 1.73. The second-order valence-electron chi connectivity index (χ2n) is 6.71. The van der Waals surface area contributed by atoms with E-state index in [0.717, 1.165) is 27.8 Å². The Morgan fingerprint density at radius 3 is 2.31 bits per heavy atom. The SMILES string of the molecule is CC1(C)Nc2cccc3c(/N=N/c4ccc([N+](=O)[O-])cc4)ccc(c23)N1. The van der Waals surface area contributed by atoms with Crippen LogP contribution in [0.4, 0.5) is 28.4 Å². The maximum atomic E-state index is 10.7. The van der Waals surface area contributed by atoms with Crippen molar-refractivity contribution in [3.8, 4) is 0 Å². The second-order valence-corrected chi connectivity index (χ2v) is 6.71. The summed E-state index contributed by atoms with van der Waals surface area (Å²) < 4.78 is 0. The molecule has 7 nitrogen and oxygen atoms in total. The van der Waals surface area contributed by atoms with Crippen LogP contribution in [0.25, 0.3) is 10.8 Å². The Hall–Kier alpha value is -3.48. The first-order valence-electron chi connectivity index (χ1n) is 8.21. The summed E-state index contributed by atoms with van der Waals surface area (Å²) in [4.78, 5) is 10.3. The summed E-state index contributed by atoms with van der Waals surface area (Å²) in [6, 6.07) is 16.0. The van der Waals surface area contributed by atoms with E-state index in [-0.39, 0.29) is 11.4 Å². The molecule has 0 unspecified atom stereocenters. The van der Waals surface area contributed by atoms with Crippen molar-refractivity contribution in [1.82, 2.24) is 0 Å². The zero-order valence-corrected chi connectivity index (χ0v) is 14.4. The van der Waals surface area contributed by atoms with Gasteiger partial charge in [0.05, 0.1) is 16.3 Å². The van der Waals surface area contributed by atoms with Gasteiger partial charge in [-0.05, 0) is 44.2 Å². The van der Waals surface area contributed by atoms with Gasteiger partial charge in [-0.15, -0.1) is 5.11 Å². The van der Waals surface area contributed by atoms with Gasteiger partial charge in [0.15, 0.2) is 0 Å². The van der Waals surface area contributed by atoms with Gasteiger partial charge in [0.1, 0.15) is 5.66 Å². The smallest absolute Gasteiger partial charge is 0.269 e. The van der Waals surface area contributed by atoms with Crippen LogP contribution in [-0.4, -0.2) is 10.6 Å². The van der Waals surface area contributed by atoms with Crippen LogP contribution in [-0.2, 0) is 0 Å². The van der Waals surface area contributed by atoms with Crippen molar-refractivity contribution in [2.75, 3.05) is 10.6 Å². The van der Waals surface area contributed by atoms with Gasteiger partial charge >= 0.3 is 0 Å². The molecule has 130 valence electrons. The molecule has 0 amide bonds. The molecule has 0 aliphatic carbocycles. The maximum Gasteiger partial charge on any atom is 0.269 e. The lowest BCUT2D eigenvalue weighted by atomic mass is 10.00. The fourth-order valence-electron chi connectivity index (χ4n) is 3.14. The molecule has 7 heteroatoms. The van der Waals surface area contributed by atoms with Crippen molar-refractivity contribution in [2.24, 2.45) is 10.2 Å². The molecule has 0 radical (unpaired) electrons. The highest BCUT2D eigenvalue weighted by Crippen LogP contribution is 2.41. The molecule has 0 fully saturated rings. The van der Waals surface area contributed by atoms with Gasteiger partial charge in [0.2, 0.25) is 0 Å². The minimum absolute atomic E-state index is 0.0327. The summed E-state index contributed by atoms with van der Waals surface area (Å²) in [5, 5.41) is 28.3. The molecular formula is C19H17N5O2. The van der Waals surface area contributed by atoms with E-state index in [1.54, 1.807) is 12.1 Å². The molecule has 1 heterocycles. The van der Waals surface area contributed by atoms with Crippen molar-refractivity contribution in [1.29, 1.82) is 0 Å². The third-order valence-electron chi connectivity index (χ3n) is 4.25. The lowest BCUT2D eigenvalue weighted by molar-refractivity contribution is -0.384. The molecule has 2 N–H and O–H groups in total. The summed E-state index contributed by atoms with van der Waals surface area (Å²) in [6.07, 6.45) is 0. The average Bonchev–Trinajstić information content (AvgIpc) is 2.60. The van der Waals surface area contributed by atoms with Crippen LogP contribution in [0, 0.1) is 10.1 Å². The molecule has 26 heavy (non-hydrogen) atoms. The van der Waals surface area contributed by atoms with Gasteiger partial charge in [-0.3, -0.25) is 10.1 Å². The van der Waals surface area contributed by atoms with E-state index in [1.165, 1.54) is 12.1 Å². The number of non-ortho nitro benzene ring substituents is 1. The summed E-state index contributed by atoms with van der Waals surface area (Å²) in [5.41, 5.74) is 3.21. The Bertz CT molecular complexity index is 1030. The van der Waals surface area contributed by atoms with Gasteiger partial charge in [-0.25, -0.2) is 0 Å². The summed E-state index contributed by atoms with van der Waals surface area (Å²) in [5.74, 6) is 0. The third-order valence-corrected chi connectivity index (χ3v) is 4.25. The highest BCUT2D eigenvalue weighted by atomic mass is 16.6. The molecule has 1 aliphatic rings. The number of nitro benzene ring substituents is 1. The van der Waals surface area contributed by atoms with E-state index >= 15 is 0 Å². The van der Waals surface area contributed by atoms with Crippen molar-refractivity contribution in [3.63, 3.8) is 0 Å². The van der Waals surface area contributed by atoms with Crippen molar-refractivity contribution < 1.29 is 4.92 Å². The molecule has 0 saturated carbocycles. The minimum atomic E-state index is -0.436. The van der Waals surface area contributed by atoms with E-state index < -0.39 is 4.92 Å². The van der Waals surface area contributed by atoms with Crippen LogP contribution in [0.2, 0.25) is 0 Å². The Morgan fingerprint density at radius 2 is 1.62 bits per heavy atom. The number of azo groups is 1. The first kappa shape index (κ1) is 16.0. The van der Waals surface area contributed by atoms with E-state index in [0.29, 0.717) is 5.69 Å². The van der Waals surface area contributed by atoms with E-state index in [9.17, 15) is 10.1 Å². The zero-order valence-electron chi connectivity index (χ0n) is 14.4. The minimum Gasteiger partial charge on any atom is -0.363 e. The van der Waals surface area contributed by atoms with Gasteiger partial charge in [-0.2, -0.15) is 5.11 Å². The largest absolute Gasteiger partial charge is 0.363 e. The zero-order chi connectivity index (χ0) is 18.3. The van der Waals surface area contributed by atoms with E-state index in [2.05, 4.69) is 34.7 Å². The van der Waals surface area contributed by atoms with Crippen LogP contribution >= 0.6 is 0 Å². The monoisotopic (exact) mass is 347 g/mol. The fraction of sp³-hybridized carbons (Fsp3) is 0.158. The van der Waals surface area contributed by atoms with Crippen molar-refractivity contribution >= 4 is 39.2 Å². The van der Waals surface area contributed by atoms with Crippen molar-refractivity contribution in [2.45, 2.75) is 19.5 Å². The maximum absolute atomic E-state index is 10.7. The standard InChI is InChI=1S/C19H17N5O2/c1-19(2)20-16-5-3-4-14-15(10-11-17(21-19)18(14)16)23-22-12-6-8-13(9-7-12)24(25)26/h3-11,20-21H,1-2H3/b23-22+. The van der Waals surface area contributed by atoms with E-state index in [4.69, 9.17) is 0 Å². The van der Waals surface area contributed by atoms with Crippen molar-refractivity contribution in [3.05, 3.63) is 64.7 Å². The molecule has 1 aliphatic heterocycles. The first-order valence-corrected chi connectivity index (χ1v) is 8.21. The van der Waals surface area contributed by atoms with Gasteiger partial charge in [-0.1, -0.05) is 12.1 Å². The lowest BCUT2D eigenvalue weighted by Gasteiger charge is -2.36. The van der Waals surface area contributed by atoms with Gasteiger partial charge in [0, 0.05) is 34.3 Å². The molecule has 0 spiro atoms. The van der Waals surface area contributed by atoms with E-state index in [1.807, 2.05) is 30.3 Å². The number of benzene rings is 3. The Morgan fingerprint density at radius 1 is 0.923 bits per heavy atom. The normalized spacial score (nSPS) is 14.8. The number of nitro groups is 1. The lowest BCUT2D eigenvalue weighted by Crippen LogP contribution is -2.41. The number of anilines is 2. The predicted octanol–water partition coefficient (Wildman–Crippen LogP) is 5.74. The van der Waals surface area contributed by atoms with Crippen LogP contribution in [0.15, 0.2) is 64.8 Å². The number of nitrogens with one attached hydrogen (secondary N) is 2. The van der Waals surface area contributed by atoms with Crippen LogP contribution in [0.3, 0.4) is 0 Å². The van der Waals surface area contributed by atoms with Crippen LogP contribution in [0.1, 0.15) is 13.8 Å². The number of hydrogen-bond donors (Lipinski definition) is 2. The van der Waals surface area contributed by atoms with Gasteiger partial charge < -0.3 is 10.6 Å². The predicted molar refractivity (Wildman–Crippen MR) is 103 cm³/mol. The molecule has 0 aromatic heterocycles. The molecule has 0 atom stereocenters. The van der Waals surface area contributed by atoms with Crippen LogP contribution < -0.4 is 10.6 Å². The summed E-state index contributed by atoms with van der Waals surface area (Å²) in [7, 11) is 0. The Kier molecular flexibility index (Phi) is 3.57. The Labute approximate surface area is 149 Å². The summed E-state index contributed by atoms with van der Waals surface area (Å²) in [6.45, 7) is 4.16. The summed E-state index contributed by atoms with van der Waals surface area (Å²) >= 11 is 0. The quantitative estimate of drug-likeness (QED) is 0.359. The first-order chi connectivity index (χ1) is 12.4. The molecule has 4 rings (SSSR count). The molecular weight excluding hydrogens is 330 g/mol. The topological polar surface area (TPSA) is 91.9 Å². The molecule has 3 aromatic rings. The second kappa shape index (κ2) is 5.80. The van der Waals surface area contributed by atoms with Crippen LogP contribution in [0.5, 0.6) is 0 Å². The average molecular weight is 347 g/mol. The number of nitrogens with zero attached hydrogens (tertiary/aromatic N) is 3. The highest BCUT2D eigenvalue weighted by Gasteiger charge is 2.25. The molecule has 0 bridgehead atoms. The third kappa shape index (κ3) is 2.83.